The highest BCUT2D eigenvalue weighted by Crippen LogP contribution is 2.25. The minimum Gasteiger partial charge on any atom is -0.496 e. The van der Waals surface area contributed by atoms with E-state index in [2.05, 4.69) is 21.2 Å². The lowest BCUT2D eigenvalue weighted by molar-refractivity contribution is 0.412. The summed E-state index contributed by atoms with van der Waals surface area (Å²) < 4.78 is 19.3. The lowest BCUT2D eigenvalue weighted by atomic mass is 10.1. The molecule has 2 rings (SSSR count). The monoisotopic (exact) mass is 337 g/mol. The number of methoxy groups -OCH3 is 1. The molecule has 0 radical (unpaired) electrons. The van der Waals surface area contributed by atoms with Crippen LogP contribution < -0.4 is 10.1 Å². The Morgan fingerprint density at radius 2 is 2.05 bits per heavy atom. The highest BCUT2D eigenvalue weighted by atomic mass is 79.9. The fraction of sp³-hybridized carbons (Fsp3) is 0.250. The standard InChI is InChI=1S/C16H17BrFNO/c1-11(13-4-3-5-14(18)9-13)19-10-12-6-7-16(20-2)15(17)8-12/h3-9,11,19H,10H2,1-2H3/t11-/m0/s1. The normalized spacial score (nSPS) is 12.2. The summed E-state index contributed by atoms with van der Waals surface area (Å²) in [6.45, 7) is 2.73. The number of ether oxygens (including phenoxy) is 1. The molecule has 0 bridgehead atoms. The van der Waals surface area contributed by atoms with E-state index in [0.29, 0.717) is 6.54 Å². The maximum atomic E-state index is 13.2. The maximum Gasteiger partial charge on any atom is 0.133 e. The predicted octanol–water partition coefficient (Wildman–Crippen LogP) is 4.45. The topological polar surface area (TPSA) is 21.3 Å². The van der Waals surface area contributed by atoms with Gasteiger partial charge < -0.3 is 10.1 Å². The Balaban J connectivity index is 1.99. The van der Waals surface area contributed by atoms with E-state index in [1.54, 1.807) is 19.2 Å². The number of hydrogen-bond acceptors (Lipinski definition) is 2. The molecule has 106 valence electrons. The first-order valence-electron chi connectivity index (χ1n) is 6.41. The molecule has 0 spiro atoms. The van der Waals surface area contributed by atoms with Crippen molar-refractivity contribution in [3.05, 3.63) is 63.9 Å². The zero-order chi connectivity index (χ0) is 14.5. The molecule has 0 aliphatic heterocycles. The SMILES string of the molecule is COc1ccc(CN[C@@H](C)c2cccc(F)c2)cc1Br. The van der Waals surface area contributed by atoms with Crippen LogP contribution in [0.4, 0.5) is 4.39 Å². The van der Waals surface area contributed by atoms with E-state index in [4.69, 9.17) is 4.74 Å². The molecule has 1 atom stereocenters. The molecule has 0 amide bonds. The number of nitrogens with one attached hydrogen (secondary N) is 1. The quantitative estimate of drug-likeness (QED) is 0.870. The summed E-state index contributed by atoms with van der Waals surface area (Å²) in [4.78, 5) is 0. The summed E-state index contributed by atoms with van der Waals surface area (Å²) in [5.74, 6) is 0.607. The Hall–Kier alpha value is -1.39. The Bertz CT molecular complexity index is 588. The van der Waals surface area contributed by atoms with Gasteiger partial charge in [-0.3, -0.25) is 0 Å². The second-order valence-electron chi connectivity index (χ2n) is 4.63. The summed E-state index contributed by atoms with van der Waals surface area (Å²) >= 11 is 3.47. The van der Waals surface area contributed by atoms with Crippen molar-refractivity contribution >= 4 is 15.9 Å². The molecule has 0 aromatic heterocycles. The van der Waals surface area contributed by atoms with Gasteiger partial charge in [0.2, 0.25) is 0 Å². The van der Waals surface area contributed by atoms with Crippen LogP contribution in [-0.4, -0.2) is 7.11 Å². The van der Waals surface area contributed by atoms with Gasteiger partial charge in [-0.15, -0.1) is 0 Å². The van der Waals surface area contributed by atoms with Crippen molar-refractivity contribution in [2.24, 2.45) is 0 Å². The zero-order valence-electron chi connectivity index (χ0n) is 11.5. The van der Waals surface area contributed by atoms with Crippen LogP contribution >= 0.6 is 15.9 Å². The summed E-state index contributed by atoms with van der Waals surface area (Å²) in [6.07, 6.45) is 0. The van der Waals surface area contributed by atoms with E-state index in [1.165, 1.54) is 6.07 Å². The van der Waals surface area contributed by atoms with Crippen LogP contribution in [0.3, 0.4) is 0 Å². The summed E-state index contributed by atoms with van der Waals surface area (Å²) in [5, 5.41) is 3.38. The van der Waals surface area contributed by atoms with Gasteiger partial charge in [0.25, 0.3) is 0 Å². The minimum absolute atomic E-state index is 0.0894. The fourth-order valence-corrected chi connectivity index (χ4v) is 2.57. The molecular formula is C16H17BrFNO. The lowest BCUT2D eigenvalue weighted by Gasteiger charge is -2.15. The van der Waals surface area contributed by atoms with Gasteiger partial charge in [-0.2, -0.15) is 0 Å². The van der Waals surface area contributed by atoms with Crippen LogP contribution in [0.2, 0.25) is 0 Å². The van der Waals surface area contributed by atoms with Crippen LogP contribution in [0, 0.1) is 5.82 Å². The number of rotatable bonds is 5. The molecule has 0 fully saturated rings. The predicted molar refractivity (Wildman–Crippen MR) is 82.3 cm³/mol. The first-order valence-corrected chi connectivity index (χ1v) is 7.20. The van der Waals surface area contributed by atoms with Gasteiger partial charge in [-0.05, 0) is 58.2 Å². The van der Waals surface area contributed by atoms with Crippen molar-refractivity contribution in [3.63, 3.8) is 0 Å². The first kappa shape index (κ1) is 15.0. The van der Waals surface area contributed by atoms with E-state index in [0.717, 1.165) is 21.3 Å². The lowest BCUT2D eigenvalue weighted by Crippen LogP contribution is -2.18. The molecular weight excluding hydrogens is 321 g/mol. The Morgan fingerprint density at radius 1 is 1.25 bits per heavy atom. The molecule has 2 aromatic rings. The van der Waals surface area contributed by atoms with Gasteiger partial charge in [-0.25, -0.2) is 4.39 Å². The minimum atomic E-state index is -0.205. The largest absolute Gasteiger partial charge is 0.496 e. The molecule has 0 unspecified atom stereocenters. The van der Waals surface area contributed by atoms with Crippen molar-refractivity contribution in [1.82, 2.24) is 5.32 Å². The first-order chi connectivity index (χ1) is 9.60. The Labute approximate surface area is 127 Å². The van der Waals surface area contributed by atoms with Crippen LogP contribution in [0.15, 0.2) is 46.9 Å². The van der Waals surface area contributed by atoms with E-state index >= 15 is 0 Å². The van der Waals surface area contributed by atoms with Crippen molar-refractivity contribution in [3.8, 4) is 5.75 Å². The van der Waals surface area contributed by atoms with Crippen LogP contribution in [0.25, 0.3) is 0 Å². The third-order valence-electron chi connectivity index (χ3n) is 3.18. The summed E-state index contributed by atoms with van der Waals surface area (Å²) in [7, 11) is 1.64. The van der Waals surface area contributed by atoms with E-state index in [1.807, 2.05) is 31.2 Å². The summed E-state index contributed by atoms with van der Waals surface area (Å²) in [5.41, 5.74) is 2.08. The third kappa shape index (κ3) is 3.81. The highest BCUT2D eigenvalue weighted by molar-refractivity contribution is 9.10. The van der Waals surface area contributed by atoms with Crippen molar-refractivity contribution < 1.29 is 9.13 Å². The van der Waals surface area contributed by atoms with Gasteiger partial charge >= 0.3 is 0 Å². The smallest absolute Gasteiger partial charge is 0.133 e. The van der Waals surface area contributed by atoms with E-state index in [9.17, 15) is 4.39 Å². The fourth-order valence-electron chi connectivity index (χ4n) is 1.98. The zero-order valence-corrected chi connectivity index (χ0v) is 13.1. The number of benzene rings is 2. The third-order valence-corrected chi connectivity index (χ3v) is 3.80. The van der Waals surface area contributed by atoms with Gasteiger partial charge in [0.05, 0.1) is 11.6 Å². The molecule has 0 aliphatic carbocycles. The van der Waals surface area contributed by atoms with Gasteiger partial charge in [0, 0.05) is 12.6 Å². The molecule has 0 heterocycles. The van der Waals surface area contributed by atoms with Crippen molar-refractivity contribution in [1.29, 1.82) is 0 Å². The molecule has 0 saturated heterocycles. The molecule has 1 N–H and O–H groups in total. The second kappa shape index (κ2) is 6.86. The van der Waals surface area contributed by atoms with Crippen molar-refractivity contribution in [2.45, 2.75) is 19.5 Å². The van der Waals surface area contributed by atoms with Crippen LogP contribution in [0.5, 0.6) is 5.75 Å². The highest BCUT2D eigenvalue weighted by Gasteiger charge is 2.07. The van der Waals surface area contributed by atoms with Gasteiger partial charge in [-0.1, -0.05) is 18.2 Å². The average Bonchev–Trinajstić information content (AvgIpc) is 2.45. The molecule has 0 saturated carbocycles. The summed E-state index contributed by atoms with van der Waals surface area (Å²) in [6, 6.07) is 12.7. The van der Waals surface area contributed by atoms with Gasteiger partial charge in [0.15, 0.2) is 0 Å². The molecule has 4 heteroatoms. The van der Waals surface area contributed by atoms with Crippen LogP contribution in [-0.2, 0) is 6.54 Å². The van der Waals surface area contributed by atoms with Gasteiger partial charge in [0.1, 0.15) is 11.6 Å². The molecule has 2 nitrogen and oxygen atoms in total. The second-order valence-corrected chi connectivity index (χ2v) is 5.48. The van der Waals surface area contributed by atoms with E-state index in [-0.39, 0.29) is 11.9 Å². The maximum absolute atomic E-state index is 13.2. The van der Waals surface area contributed by atoms with Crippen molar-refractivity contribution in [2.75, 3.05) is 7.11 Å². The Morgan fingerprint density at radius 3 is 2.70 bits per heavy atom. The molecule has 20 heavy (non-hydrogen) atoms. The molecule has 2 aromatic carbocycles. The molecule has 0 aliphatic rings. The number of hydrogen-bond donors (Lipinski definition) is 1. The number of halogens is 2. The average molecular weight is 338 g/mol. The Kier molecular flexibility index (Phi) is 5.15. The van der Waals surface area contributed by atoms with E-state index < -0.39 is 0 Å². The van der Waals surface area contributed by atoms with Crippen LogP contribution in [0.1, 0.15) is 24.1 Å².